The maximum atomic E-state index is 4.12. The van der Waals surface area contributed by atoms with Gasteiger partial charge in [-0.25, -0.2) is 0 Å². The van der Waals surface area contributed by atoms with Crippen LogP contribution in [0.25, 0.3) is 0 Å². The quantitative estimate of drug-likeness (QED) is 0.797. The molecule has 0 bridgehead atoms. The normalized spacial score (nSPS) is 19.8. The molecule has 2 rings (SSSR count). The van der Waals surface area contributed by atoms with Crippen molar-refractivity contribution in [3.8, 4) is 0 Å². The maximum absolute atomic E-state index is 4.12. The Hall–Kier alpha value is -0.410. The van der Waals surface area contributed by atoms with Crippen LogP contribution in [0.2, 0.25) is 0 Å². The van der Waals surface area contributed by atoms with Crippen LogP contribution in [-0.4, -0.2) is 18.6 Å². The van der Waals surface area contributed by atoms with Gasteiger partial charge >= 0.3 is 0 Å². The first-order chi connectivity index (χ1) is 6.35. The molecule has 0 spiro atoms. The molecule has 0 aromatic carbocycles. The highest BCUT2D eigenvalue weighted by Crippen LogP contribution is 2.43. The van der Waals surface area contributed by atoms with Gasteiger partial charge in [0.1, 0.15) is 0 Å². The Morgan fingerprint density at radius 2 is 2.46 bits per heavy atom. The highest BCUT2D eigenvalue weighted by atomic mass is 32.1. The number of nitrogens with one attached hydrogen (secondary N) is 1. The molecule has 1 aromatic heterocycles. The van der Waals surface area contributed by atoms with Gasteiger partial charge in [-0.1, -0.05) is 6.42 Å². The molecular weight excluding hydrogens is 180 g/mol. The van der Waals surface area contributed by atoms with E-state index >= 15 is 0 Å². The molecule has 0 aliphatic heterocycles. The first-order valence-electron chi connectivity index (χ1n) is 4.87. The lowest BCUT2D eigenvalue weighted by Gasteiger charge is -2.41. The third kappa shape index (κ3) is 1.92. The Bertz CT molecular complexity index is 252. The molecule has 1 aromatic rings. The molecule has 1 aliphatic carbocycles. The van der Waals surface area contributed by atoms with Crippen molar-refractivity contribution in [2.75, 3.05) is 13.6 Å². The van der Waals surface area contributed by atoms with Crippen molar-refractivity contribution in [2.45, 2.75) is 25.7 Å². The first-order valence-corrected chi connectivity index (χ1v) is 5.75. The summed E-state index contributed by atoms with van der Waals surface area (Å²) in [5, 5.41) is 3.31. The van der Waals surface area contributed by atoms with Crippen LogP contribution >= 0.6 is 11.3 Å². The van der Waals surface area contributed by atoms with Gasteiger partial charge in [0.05, 0.1) is 5.51 Å². The summed E-state index contributed by atoms with van der Waals surface area (Å²) in [4.78, 5) is 5.56. The molecule has 13 heavy (non-hydrogen) atoms. The maximum Gasteiger partial charge on any atom is 0.0794 e. The van der Waals surface area contributed by atoms with E-state index in [9.17, 15) is 0 Å². The van der Waals surface area contributed by atoms with Crippen LogP contribution in [0, 0.1) is 5.41 Å². The molecule has 72 valence electrons. The van der Waals surface area contributed by atoms with Gasteiger partial charge in [-0.3, -0.25) is 4.98 Å². The predicted octanol–water partition coefficient (Wildman–Crippen LogP) is 2.08. The molecule has 0 saturated heterocycles. The summed E-state index contributed by atoms with van der Waals surface area (Å²) >= 11 is 1.79. The van der Waals surface area contributed by atoms with Crippen molar-refractivity contribution in [2.24, 2.45) is 5.41 Å². The summed E-state index contributed by atoms with van der Waals surface area (Å²) in [6, 6.07) is 0. The van der Waals surface area contributed by atoms with E-state index in [-0.39, 0.29) is 0 Å². The van der Waals surface area contributed by atoms with E-state index in [1.165, 1.54) is 30.6 Å². The fourth-order valence-electron chi connectivity index (χ4n) is 2.17. The molecule has 1 saturated carbocycles. The van der Waals surface area contributed by atoms with Crippen molar-refractivity contribution in [3.63, 3.8) is 0 Å². The summed E-state index contributed by atoms with van der Waals surface area (Å²) in [5.74, 6) is 0. The second-order valence-electron chi connectivity index (χ2n) is 4.03. The number of rotatable bonds is 4. The highest BCUT2D eigenvalue weighted by molar-refractivity contribution is 7.09. The summed E-state index contributed by atoms with van der Waals surface area (Å²) < 4.78 is 0. The molecule has 0 atom stereocenters. The summed E-state index contributed by atoms with van der Waals surface area (Å²) in [6.45, 7) is 1.16. The molecule has 0 amide bonds. The monoisotopic (exact) mass is 196 g/mol. The zero-order valence-corrected chi connectivity index (χ0v) is 8.86. The zero-order chi connectivity index (χ0) is 9.15. The standard InChI is InChI=1S/C10H16N2S/c1-11-7-10(3-2-4-10)5-9-6-12-8-13-9/h6,8,11H,2-5,7H2,1H3. The molecule has 2 nitrogen and oxygen atoms in total. The topological polar surface area (TPSA) is 24.9 Å². The number of nitrogens with zero attached hydrogens (tertiary/aromatic N) is 1. The van der Waals surface area contributed by atoms with Crippen LogP contribution in [-0.2, 0) is 6.42 Å². The second kappa shape index (κ2) is 3.76. The predicted molar refractivity (Wildman–Crippen MR) is 56.0 cm³/mol. The number of hydrogen-bond acceptors (Lipinski definition) is 3. The average Bonchev–Trinajstić information content (AvgIpc) is 2.53. The Morgan fingerprint density at radius 3 is 2.92 bits per heavy atom. The van der Waals surface area contributed by atoms with E-state index < -0.39 is 0 Å². The molecule has 0 unspecified atom stereocenters. The van der Waals surface area contributed by atoms with Crippen molar-refractivity contribution in [3.05, 3.63) is 16.6 Å². The van der Waals surface area contributed by atoms with Crippen LogP contribution in [0.15, 0.2) is 11.7 Å². The fourth-order valence-corrected chi connectivity index (χ4v) is 2.94. The highest BCUT2D eigenvalue weighted by Gasteiger charge is 2.36. The summed E-state index contributed by atoms with van der Waals surface area (Å²) in [7, 11) is 2.05. The van der Waals surface area contributed by atoms with E-state index in [0.717, 1.165) is 6.54 Å². The second-order valence-corrected chi connectivity index (χ2v) is 5.00. The smallest absolute Gasteiger partial charge is 0.0794 e. The Kier molecular flexibility index (Phi) is 2.65. The summed E-state index contributed by atoms with van der Waals surface area (Å²) in [5.41, 5.74) is 2.49. The number of aromatic nitrogens is 1. The minimum atomic E-state index is 0.557. The van der Waals surface area contributed by atoms with Crippen molar-refractivity contribution < 1.29 is 0 Å². The van der Waals surface area contributed by atoms with Gasteiger partial charge in [0.2, 0.25) is 0 Å². The lowest BCUT2D eigenvalue weighted by atomic mass is 9.66. The van der Waals surface area contributed by atoms with Gasteiger partial charge in [0.25, 0.3) is 0 Å². The average molecular weight is 196 g/mol. The fraction of sp³-hybridized carbons (Fsp3) is 0.700. The third-order valence-corrected chi connectivity index (χ3v) is 3.78. The first kappa shape index (κ1) is 9.16. The molecule has 3 heteroatoms. The van der Waals surface area contributed by atoms with Gasteiger partial charge in [0, 0.05) is 17.6 Å². The van der Waals surface area contributed by atoms with Crippen LogP contribution in [0.3, 0.4) is 0 Å². The van der Waals surface area contributed by atoms with Crippen LogP contribution < -0.4 is 5.32 Å². The lowest BCUT2D eigenvalue weighted by Crippen LogP contribution is -2.40. The van der Waals surface area contributed by atoms with Gasteiger partial charge in [-0.15, -0.1) is 11.3 Å². The van der Waals surface area contributed by atoms with Gasteiger partial charge in [0.15, 0.2) is 0 Å². The molecule has 1 N–H and O–H groups in total. The molecule has 1 fully saturated rings. The Balaban J connectivity index is 1.98. The number of hydrogen-bond donors (Lipinski definition) is 1. The minimum Gasteiger partial charge on any atom is -0.319 e. The van der Waals surface area contributed by atoms with Gasteiger partial charge in [-0.05, 0) is 31.7 Å². The van der Waals surface area contributed by atoms with Gasteiger partial charge in [-0.2, -0.15) is 0 Å². The van der Waals surface area contributed by atoms with E-state index in [0.29, 0.717) is 5.41 Å². The lowest BCUT2D eigenvalue weighted by molar-refractivity contribution is 0.135. The van der Waals surface area contributed by atoms with E-state index in [1.54, 1.807) is 11.3 Å². The molecule has 1 aliphatic rings. The van der Waals surface area contributed by atoms with Crippen LogP contribution in [0.1, 0.15) is 24.1 Å². The SMILES string of the molecule is CNCC1(Cc2cncs2)CCC1. The van der Waals surface area contributed by atoms with Crippen LogP contribution in [0.4, 0.5) is 0 Å². The largest absolute Gasteiger partial charge is 0.319 e. The van der Waals surface area contributed by atoms with Crippen molar-refractivity contribution >= 4 is 11.3 Å². The van der Waals surface area contributed by atoms with Crippen molar-refractivity contribution in [1.29, 1.82) is 0 Å². The Morgan fingerprint density at radius 1 is 1.62 bits per heavy atom. The molecular formula is C10H16N2S. The zero-order valence-electron chi connectivity index (χ0n) is 8.05. The van der Waals surface area contributed by atoms with E-state index in [4.69, 9.17) is 0 Å². The molecule has 1 heterocycles. The van der Waals surface area contributed by atoms with Crippen molar-refractivity contribution in [1.82, 2.24) is 10.3 Å². The summed E-state index contributed by atoms with van der Waals surface area (Å²) in [6.07, 6.45) is 7.40. The van der Waals surface area contributed by atoms with E-state index in [2.05, 4.69) is 10.3 Å². The molecule has 0 radical (unpaired) electrons. The Labute approximate surface area is 83.4 Å². The van der Waals surface area contributed by atoms with Crippen LogP contribution in [0.5, 0.6) is 0 Å². The van der Waals surface area contributed by atoms with Gasteiger partial charge < -0.3 is 5.32 Å². The minimum absolute atomic E-state index is 0.557. The number of thiazole rings is 1. The van der Waals surface area contributed by atoms with E-state index in [1.807, 2.05) is 18.8 Å². The third-order valence-electron chi connectivity index (χ3n) is 3.00.